The van der Waals surface area contributed by atoms with Gasteiger partial charge in [-0.25, -0.2) is 0 Å². The monoisotopic (exact) mass is 338 g/mol. The fraction of sp³-hybridized carbons (Fsp3) is 0.588. The van der Waals surface area contributed by atoms with Crippen LogP contribution in [0.2, 0.25) is 0 Å². The van der Waals surface area contributed by atoms with E-state index < -0.39 is 0 Å². The van der Waals surface area contributed by atoms with Gasteiger partial charge in [-0.3, -0.25) is 0 Å². The van der Waals surface area contributed by atoms with E-state index in [-0.39, 0.29) is 12.1 Å². The first-order chi connectivity index (χ1) is 11.1. The zero-order valence-electron chi connectivity index (χ0n) is 14.1. The molecule has 0 bridgehead atoms. The van der Waals surface area contributed by atoms with Crippen molar-refractivity contribution in [3.8, 4) is 11.5 Å². The topological polar surface area (TPSA) is 51.8 Å². The largest absolute Gasteiger partial charge is 0.493 e. The lowest BCUT2D eigenvalue weighted by Gasteiger charge is -2.22. The maximum absolute atomic E-state index is 5.66. The van der Waals surface area contributed by atoms with Crippen molar-refractivity contribution in [1.29, 1.82) is 0 Å². The highest BCUT2D eigenvalue weighted by molar-refractivity contribution is 7.80. The Morgan fingerprint density at radius 3 is 2.78 bits per heavy atom. The third-order valence-corrected chi connectivity index (χ3v) is 4.29. The number of hydrogen-bond acceptors (Lipinski definition) is 4. The second-order valence-corrected chi connectivity index (χ2v) is 6.09. The Morgan fingerprint density at radius 1 is 1.35 bits per heavy atom. The van der Waals surface area contributed by atoms with Crippen molar-refractivity contribution in [3.63, 3.8) is 0 Å². The molecular weight excluding hydrogens is 312 g/mol. The van der Waals surface area contributed by atoms with E-state index in [9.17, 15) is 0 Å². The maximum Gasteiger partial charge on any atom is 0.166 e. The van der Waals surface area contributed by atoms with Gasteiger partial charge in [0.25, 0.3) is 0 Å². The van der Waals surface area contributed by atoms with E-state index >= 15 is 0 Å². The Morgan fingerprint density at radius 2 is 2.13 bits per heavy atom. The molecule has 2 N–H and O–H groups in total. The minimum absolute atomic E-state index is 0.235. The molecule has 6 heteroatoms. The number of benzene rings is 1. The van der Waals surface area contributed by atoms with Crippen LogP contribution in [0.15, 0.2) is 18.2 Å². The van der Waals surface area contributed by atoms with Crippen LogP contribution in [-0.4, -0.2) is 44.6 Å². The van der Waals surface area contributed by atoms with Crippen LogP contribution in [0.25, 0.3) is 0 Å². The highest BCUT2D eigenvalue weighted by Crippen LogP contribution is 2.27. The number of methoxy groups -OCH3 is 2. The molecule has 0 unspecified atom stereocenters. The van der Waals surface area contributed by atoms with Gasteiger partial charge in [0.05, 0.1) is 26.4 Å². The predicted octanol–water partition coefficient (Wildman–Crippen LogP) is 2.28. The zero-order valence-corrected chi connectivity index (χ0v) is 14.9. The van der Waals surface area contributed by atoms with Crippen molar-refractivity contribution in [2.75, 3.05) is 27.4 Å². The summed E-state index contributed by atoms with van der Waals surface area (Å²) in [7, 11) is 3.28. The van der Waals surface area contributed by atoms with Gasteiger partial charge in [0, 0.05) is 13.2 Å². The molecule has 128 valence electrons. The molecule has 2 atom stereocenters. The average Bonchev–Trinajstić information content (AvgIpc) is 3.09. The summed E-state index contributed by atoms with van der Waals surface area (Å²) in [5.41, 5.74) is 1.17. The van der Waals surface area contributed by atoms with Gasteiger partial charge in [-0.05, 0) is 56.1 Å². The van der Waals surface area contributed by atoms with Gasteiger partial charge in [-0.2, -0.15) is 0 Å². The lowest BCUT2D eigenvalue weighted by Crippen LogP contribution is -2.46. The van der Waals surface area contributed by atoms with Gasteiger partial charge < -0.3 is 24.8 Å². The minimum atomic E-state index is 0.235. The van der Waals surface area contributed by atoms with Gasteiger partial charge in [-0.15, -0.1) is 0 Å². The van der Waals surface area contributed by atoms with Crippen LogP contribution in [0.5, 0.6) is 11.5 Å². The fourth-order valence-electron chi connectivity index (χ4n) is 2.70. The first-order valence-electron chi connectivity index (χ1n) is 8.01. The van der Waals surface area contributed by atoms with Crippen molar-refractivity contribution in [3.05, 3.63) is 23.8 Å². The SMILES string of the molecule is COc1ccc(CCNC(=S)N[C@H](C)[C@H]2CCCO2)cc1OC. The van der Waals surface area contributed by atoms with Crippen LogP contribution in [0.3, 0.4) is 0 Å². The first-order valence-corrected chi connectivity index (χ1v) is 8.41. The number of ether oxygens (including phenoxy) is 3. The van der Waals surface area contributed by atoms with Crippen LogP contribution in [0.1, 0.15) is 25.3 Å². The predicted molar refractivity (Wildman–Crippen MR) is 95.4 cm³/mol. The second-order valence-electron chi connectivity index (χ2n) is 5.68. The standard InChI is InChI=1S/C17H26N2O3S/c1-12(14-5-4-10-22-14)19-17(23)18-9-8-13-6-7-15(20-2)16(11-13)21-3/h6-7,11-12,14H,4-5,8-10H2,1-3H3,(H2,18,19,23)/t12-,14-/m1/s1. The summed E-state index contributed by atoms with van der Waals surface area (Å²) in [6.07, 6.45) is 3.36. The molecule has 2 rings (SSSR count). The van der Waals surface area contributed by atoms with Crippen molar-refractivity contribution < 1.29 is 14.2 Å². The molecule has 1 heterocycles. The Balaban J connectivity index is 1.74. The van der Waals surface area contributed by atoms with E-state index in [0.717, 1.165) is 43.9 Å². The lowest BCUT2D eigenvalue weighted by molar-refractivity contribution is 0.0893. The number of thiocarbonyl (C=S) groups is 1. The molecule has 1 saturated heterocycles. The van der Waals surface area contributed by atoms with Crippen molar-refractivity contribution in [2.45, 2.75) is 38.3 Å². The van der Waals surface area contributed by atoms with Gasteiger partial charge in [0.1, 0.15) is 0 Å². The molecule has 0 aliphatic carbocycles. The molecule has 0 aromatic heterocycles. The average molecular weight is 338 g/mol. The summed E-state index contributed by atoms with van der Waals surface area (Å²) >= 11 is 5.35. The highest BCUT2D eigenvalue weighted by Gasteiger charge is 2.22. The smallest absolute Gasteiger partial charge is 0.166 e. The summed E-state index contributed by atoms with van der Waals surface area (Å²) in [6, 6.07) is 6.18. The maximum atomic E-state index is 5.66. The van der Waals surface area contributed by atoms with Gasteiger partial charge in [0.15, 0.2) is 16.6 Å². The van der Waals surface area contributed by atoms with Crippen molar-refractivity contribution in [2.24, 2.45) is 0 Å². The Hall–Kier alpha value is -1.53. The molecule has 1 fully saturated rings. The zero-order chi connectivity index (χ0) is 16.7. The third kappa shape index (κ3) is 5.25. The normalized spacial score (nSPS) is 18.3. The molecule has 0 amide bonds. The minimum Gasteiger partial charge on any atom is -0.493 e. The Kier molecular flexibility index (Phi) is 6.92. The van der Waals surface area contributed by atoms with Crippen LogP contribution in [-0.2, 0) is 11.2 Å². The number of nitrogens with one attached hydrogen (secondary N) is 2. The van der Waals surface area contributed by atoms with Gasteiger partial charge in [0.2, 0.25) is 0 Å². The van der Waals surface area contributed by atoms with Gasteiger partial charge in [-0.1, -0.05) is 6.07 Å². The summed E-state index contributed by atoms with van der Waals surface area (Å²) in [6.45, 7) is 3.73. The van der Waals surface area contributed by atoms with Crippen LogP contribution in [0.4, 0.5) is 0 Å². The molecule has 0 spiro atoms. The number of hydrogen-bond donors (Lipinski definition) is 2. The van der Waals surface area contributed by atoms with E-state index in [1.165, 1.54) is 5.56 Å². The van der Waals surface area contributed by atoms with Crippen LogP contribution < -0.4 is 20.1 Å². The molecule has 5 nitrogen and oxygen atoms in total. The fourth-order valence-corrected chi connectivity index (χ4v) is 2.99. The van der Waals surface area contributed by atoms with E-state index in [2.05, 4.69) is 17.6 Å². The van der Waals surface area contributed by atoms with Gasteiger partial charge >= 0.3 is 0 Å². The van der Waals surface area contributed by atoms with Crippen molar-refractivity contribution >= 4 is 17.3 Å². The molecule has 1 aliphatic rings. The Bertz CT molecular complexity index is 519. The molecule has 1 aliphatic heterocycles. The quantitative estimate of drug-likeness (QED) is 0.744. The van der Waals surface area contributed by atoms with E-state index in [0.29, 0.717) is 5.11 Å². The van der Waals surface area contributed by atoms with Crippen molar-refractivity contribution in [1.82, 2.24) is 10.6 Å². The molecule has 1 aromatic carbocycles. The molecular formula is C17H26N2O3S. The van der Waals surface area contributed by atoms with E-state index in [1.54, 1.807) is 14.2 Å². The number of rotatable bonds is 7. The third-order valence-electron chi connectivity index (χ3n) is 4.03. The summed E-state index contributed by atoms with van der Waals surface area (Å²) in [5, 5.41) is 7.22. The molecule has 0 radical (unpaired) electrons. The molecule has 23 heavy (non-hydrogen) atoms. The Labute approximate surface area is 143 Å². The van der Waals surface area contributed by atoms with E-state index in [4.69, 9.17) is 26.4 Å². The lowest BCUT2D eigenvalue weighted by atomic mass is 10.1. The molecule has 1 aromatic rings. The summed E-state index contributed by atoms with van der Waals surface area (Å²) in [5.74, 6) is 1.49. The van der Waals surface area contributed by atoms with Crippen LogP contribution >= 0.6 is 12.2 Å². The highest BCUT2D eigenvalue weighted by atomic mass is 32.1. The van der Waals surface area contributed by atoms with Crippen LogP contribution in [0, 0.1) is 0 Å². The van der Waals surface area contributed by atoms with E-state index in [1.807, 2.05) is 18.2 Å². The summed E-state index contributed by atoms with van der Waals surface area (Å²) < 4.78 is 16.2. The first kappa shape index (κ1) is 17.8. The second kappa shape index (κ2) is 8.93. The summed E-state index contributed by atoms with van der Waals surface area (Å²) in [4.78, 5) is 0. The molecule has 0 saturated carbocycles.